The first-order valence-corrected chi connectivity index (χ1v) is 14.7. The number of allylic oxidation sites excluding steroid dienone is 2. The number of carbonyl (C=O) groups excluding carboxylic acids is 2. The van der Waals surface area contributed by atoms with Crippen molar-refractivity contribution in [3.8, 4) is 11.5 Å². The van der Waals surface area contributed by atoms with Gasteiger partial charge < -0.3 is 19.3 Å². The molecule has 0 saturated carbocycles. The van der Waals surface area contributed by atoms with Gasteiger partial charge in [-0.25, -0.2) is 4.79 Å². The molecule has 0 radical (unpaired) electrons. The molecule has 0 N–H and O–H groups in total. The molecule has 4 aliphatic heterocycles. The van der Waals surface area contributed by atoms with Crippen LogP contribution in [0.5, 0.6) is 11.5 Å². The van der Waals surface area contributed by atoms with E-state index in [9.17, 15) is 9.59 Å². The lowest BCUT2D eigenvalue weighted by Crippen LogP contribution is -2.55. The second-order valence-corrected chi connectivity index (χ2v) is 11.5. The fourth-order valence-corrected chi connectivity index (χ4v) is 7.34. The van der Waals surface area contributed by atoms with Crippen molar-refractivity contribution >= 4 is 29.0 Å². The highest BCUT2D eigenvalue weighted by Gasteiger charge is 2.55. The van der Waals surface area contributed by atoms with Crippen LogP contribution in [0.4, 0.5) is 4.79 Å². The van der Waals surface area contributed by atoms with Gasteiger partial charge in [-0.15, -0.1) is 11.3 Å². The summed E-state index contributed by atoms with van der Waals surface area (Å²) in [4.78, 5) is 34.4. The highest BCUT2D eigenvalue weighted by atomic mass is 32.1. The molecule has 1 aromatic carbocycles. The molecule has 4 aliphatic rings. The number of rotatable bonds is 5. The Kier molecular flexibility index (Phi) is 6.82. The summed E-state index contributed by atoms with van der Waals surface area (Å²) >= 11 is 1.66. The van der Waals surface area contributed by atoms with Crippen LogP contribution < -0.4 is 9.47 Å². The number of fused-ring (bicyclic) bond motifs is 3. The van der Waals surface area contributed by atoms with E-state index in [2.05, 4.69) is 12.1 Å². The number of likely N-dealkylation sites (N-methyl/N-ethyl adjacent to an activating group) is 2. The maximum Gasteiger partial charge on any atom is 0.325 e. The molecule has 2 aromatic rings. The third kappa shape index (κ3) is 4.16. The number of piperidine rings is 1. The van der Waals surface area contributed by atoms with E-state index in [1.54, 1.807) is 30.6 Å². The Hall–Kier alpha value is -3.79. The SMILES string of the molecule is CCN1C(=O)N2Cc3cc(OC)cc(OC)c3CC=C2C12CCN(C(=O)C1=CCC(c3cccs3)=NN1C)CC2. The van der Waals surface area contributed by atoms with Gasteiger partial charge in [-0.05, 0) is 55.3 Å². The van der Waals surface area contributed by atoms with Crippen LogP contribution in [0.3, 0.4) is 0 Å². The van der Waals surface area contributed by atoms with Crippen molar-refractivity contribution in [2.45, 2.75) is 44.7 Å². The number of amides is 3. The zero-order valence-electron chi connectivity index (χ0n) is 23.5. The molecule has 2 fully saturated rings. The van der Waals surface area contributed by atoms with Gasteiger partial charge in [0, 0.05) is 50.4 Å². The van der Waals surface area contributed by atoms with Crippen molar-refractivity contribution in [3.05, 3.63) is 69.2 Å². The van der Waals surface area contributed by atoms with Crippen molar-refractivity contribution in [3.63, 3.8) is 0 Å². The summed E-state index contributed by atoms with van der Waals surface area (Å²) in [5.74, 6) is 1.49. The smallest absolute Gasteiger partial charge is 0.325 e. The highest BCUT2D eigenvalue weighted by Crippen LogP contribution is 2.47. The minimum Gasteiger partial charge on any atom is -0.497 e. The van der Waals surface area contributed by atoms with E-state index >= 15 is 0 Å². The van der Waals surface area contributed by atoms with Crippen LogP contribution in [0.1, 0.15) is 42.2 Å². The minimum atomic E-state index is -0.431. The number of hydrazone groups is 1. The molecule has 1 spiro atoms. The monoisotopic (exact) mass is 561 g/mol. The first-order chi connectivity index (χ1) is 19.4. The molecule has 6 rings (SSSR count). The first kappa shape index (κ1) is 26.4. The van der Waals surface area contributed by atoms with Gasteiger partial charge in [0.25, 0.3) is 5.91 Å². The van der Waals surface area contributed by atoms with Crippen LogP contribution in [0.25, 0.3) is 0 Å². The van der Waals surface area contributed by atoms with Crippen molar-refractivity contribution in [2.24, 2.45) is 5.10 Å². The summed E-state index contributed by atoms with van der Waals surface area (Å²) < 4.78 is 11.2. The number of methoxy groups -OCH3 is 2. The molecule has 0 aliphatic carbocycles. The predicted molar refractivity (Wildman–Crippen MR) is 155 cm³/mol. The Morgan fingerprint density at radius 3 is 2.58 bits per heavy atom. The van der Waals surface area contributed by atoms with Crippen molar-refractivity contribution in [1.29, 1.82) is 0 Å². The summed E-state index contributed by atoms with van der Waals surface area (Å²) in [5.41, 5.74) is 4.31. The minimum absolute atomic E-state index is 0.00496. The number of benzene rings is 1. The largest absolute Gasteiger partial charge is 0.497 e. The maximum absolute atomic E-state index is 13.8. The van der Waals surface area contributed by atoms with Crippen molar-refractivity contribution in [1.82, 2.24) is 19.7 Å². The fourth-order valence-electron chi connectivity index (χ4n) is 6.62. The summed E-state index contributed by atoms with van der Waals surface area (Å²) in [6.07, 6.45) is 6.88. The Balaban J connectivity index is 1.22. The zero-order chi connectivity index (χ0) is 28.0. The molecule has 2 saturated heterocycles. The van der Waals surface area contributed by atoms with Gasteiger partial charge in [0.15, 0.2) is 0 Å². The van der Waals surface area contributed by atoms with Gasteiger partial charge in [0.05, 0.1) is 36.9 Å². The average molecular weight is 562 g/mol. The standard InChI is InChI=1S/C30H35N5O4S/c1-5-35-29(37)34-19-20-17-21(38-3)18-25(39-4)22(20)8-11-27(34)30(35)12-14-33(15-13-30)28(36)24-10-9-23(31-32(24)2)26-7-6-16-40-26/h6-7,10-11,16-18H,5,8-9,12-15,19H2,1-4H3. The summed E-state index contributed by atoms with van der Waals surface area (Å²) in [5, 5.41) is 8.44. The zero-order valence-corrected chi connectivity index (χ0v) is 24.3. The van der Waals surface area contributed by atoms with E-state index in [4.69, 9.17) is 14.6 Å². The lowest BCUT2D eigenvalue weighted by Gasteiger charge is -2.44. The van der Waals surface area contributed by atoms with E-state index in [1.165, 1.54) is 0 Å². The third-order valence-electron chi connectivity index (χ3n) is 8.63. The Morgan fingerprint density at radius 1 is 1.12 bits per heavy atom. The summed E-state index contributed by atoms with van der Waals surface area (Å²) in [7, 11) is 5.15. The number of likely N-dealkylation sites (tertiary alicyclic amines) is 1. The van der Waals surface area contributed by atoms with Crippen LogP contribution in [0.2, 0.25) is 0 Å². The van der Waals surface area contributed by atoms with Crippen LogP contribution in [0.15, 0.2) is 58.3 Å². The molecule has 40 heavy (non-hydrogen) atoms. The average Bonchev–Trinajstić information content (AvgIpc) is 3.52. The molecule has 0 bridgehead atoms. The van der Waals surface area contributed by atoms with Crippen LogP contribution in [-0.4, -0.2) is 83.8 Å². The van der Waals surface area contributed by atoms with Gasteiger partial charge in [-0.1, -0.05) is 12.1 Å². The topological polar surface area (TPSA) is 77.9 Å². The van der Waals surface area contributed by atoms with Crippen LogP contribution in [0, 0.1) is 0 Å². The summed E-state index contributed by atoms with van der Waals surface area (Å²) in [6.45, 7) is 4.27. The number of urea groups is 1. The lowest BCUT2D eigenvalue weighted by molar-refractivity contribution is -0.130. The van der Waals surface area contributed by atoms with Crippen LogP contribution >= 0.6 is 11.3 Å². The molecule has 10 heteroatoms. The third-order valence-corrected chi connectivity index (χ3v) is 9.55. The molecule has 210 valence electrons. The van der Waals surface area contributed by atoms with E-state index < -0.39 is 5.54 Å². The molecule has 0 atom stereocenters. The van der Waals surface area contributed by atoms with Gasteiger partial charge in [-0.3, -0.25) is 14.7 Å². The molecule has 9 nitrogen and oxygen atoms in total. The Bertz CT molecular complexity index is 1420. The van der Waals surface area contributed by atoms with E-state index in [1.807, 2.05) is 58.3 Å². The van der Waals surface area contributed by atoms with Crippen LogP contribution in [-0.2, 0) is 17.8 Å². The van der Waals surface area contributed by atoms with Crippen molar-refractivity contribution < 1.29 is 19.1 Å². The highest BCUT2D eigenvalue weighted by molar-refractivity contribution is 7.12. The number of hydrogen-bond acceptors (Lipinski definition) is 7. The maximum atomic E-state index is 13.8. The molecular weight excluding hydrogens is 526 g/mol. The number of carbonyl (C=O) groups is 2. The van der Waals surface area contributed by atoms with E-state index in [0.29, 0.717) is 63.3 Å². The lowest BCUT2D eigenvalue weighted by atomic mass is 9.83. The van der Waals surface area contributed by atoms with Gasteiger partial charge in [0.1, 0.15) is 17.2 Å². The number of nitrogens with zero attached hydrogens (tertiary/aromatic N) is 5. The van der Waals surface area contributed by atoms with Crippen molar-refractivity contribution in [2.75, 3.05) is 40.9 Å². The number of thiophene rings is 1. The second kappa shape index (κ2) is 10.3. The Labute approximate surface area is 238 Å². The fraction of sp³-hybridized carbons (Fsp3) is 0.433. The van der Waals surface area contributed by atoms with E-state index in [-0.39, 0.29) is 11.9 Å². The van der Waals surface area contributed by atoms with E-state index in [0.717, 1.165) is 33.2 Å². The molecule has 3 amide bonds. The van der Waals surface area contributed by atoms with Gasteiger partial charge in [0.2, 0.25) is 0 Å². The first-order valence-electron chi connectivity index (χ1n) is 13.8. The quantitative estimate of drug-likeness (QED) is 0.539. The number of hydrogen-bond donors (Lipinski definition) is 0. The molecule has 0 unspecified atom stereocenters. The Morgan fingerprint density at radius 2 is 1.93 bits per heavy atom. The molecule has 1 aromatic heterocycles. The summed E-state index contributed by atoms with van der Waals surface area (Å²) in [6, 6.07) is 8.00. The van der Waals surface area contributed by atoms with Gasteiger partial charge >= 0.3 is 6.03 Å². The number of ether oxygens (including phenoxy) is 2. The second-order valence-electron chi connectivity index (χ2n) is 10.5. The van der Waals surface area contributed by atoms with Gasteiger partial charge in [-0.2, -0.15) is 5.10 Å². The predicted octanol–water partition coefficient (Wildman–Crippen LogP) is 4.45. The molecule has 5 heterocycles. The molecular formula is C30H35N5O4S. The normalized spacial score (nSPS) is 20.0.